The average molecular weight is 463 g/mol. The molecule has 1 heterocycles. The molecule has 162 valence electrons. The third-order valence-electron chi connectivity index (χ3n) is 3.77. The topological polar surface area (TPSA) is 100 Å². The molecule has 3 N–H and O–H groups in total. The summed E-state index contributed by atoms with van der Waals surface area (Å²) in [6.45, 7) is 0.357. The van der Waals surface area contributed by atoms with Crippen molar-refractivity contribution in [2.45, 2.75) is 11.1 Å². The van der Waals surface area contributed by atoms with E-state index in [9.17, 15) is 26.4 Å². The molecule has 0 radical (unpaired) electrons. The number of benzene rings is 1. The Morgan fingerprint density at radius 3 is 2.43 bits per heavy atom. The summed E-state index contributed by atoms with van der Waals surface area (Å²) in [6.07, 6.45) is -1.09. The Labute approximate surface area is 176 Å². The lowest BCUT2D eigenvalue weighted by atomic mass is 10.2. The number of carbonyl (C=O) groups excluding carboxylic acids is 1. The number of amides is 1. The van der Waals surface area contributed by atoms with Crippen LogP contribution in [0.3, 0.4) is 0 Å². The maximum Gasteiger partial charge on any atom is 0.417 e. The van der Waals surface area contributed by atoms with Gasteiger partial charge < -0.3 is 10.6 Å². The predicted molar refractivity (Wildman–Crippen MR) is 107 cm³/mol. The molecule has 30 heavy (non-hydrogen) atoms. The number of carbonyl (C=O) groups is 1. The Hall–Kier alpha value is -2.63. The molecule has 0 aliphatic heterocycles. The van der Waals surface area contributed by atoms with Crippen molar-refractivity contribution >= 4 is 39.4 Å². The van der Waals surface area contributed by atoms with Gasteiger partial charge in [-0.15, -0.1) is 0 Å². The third-order valence-corrected chi connectivity index (χ3v) is 5.49. The van der Waals surface area contributed by atoms with Crippen LogP contribution in [0.25, 0.3) is 6.08 Å². The van der Waals surface area contributed by atoms with Gasteiger partial charge >= 0.3 is 6.18 Å². The minimum Gasteiger partial charge on any atom is -0.367 e. The molecule has 7 nitrogen and oxygen atoms in total. The van der Waals surface area contributed by atoms with Crippen LogP contribution in [-0.2, 0) is 21.0 Å². The number of hydrogen-bond donors (Lipinski definition) is 3. The average Bonchev–Trinajstić information content (AvgIpc) is 2.70. The second kappa shape index (κ2) is 9.92. The van der Waals surface area contributed by atoms with Crippen LogP contribution in [0, 0.1) is 0 Å². The summed E-state index contributed by atoms with van der Waals surface area (Å²) in [7, 11) is -2.22. The molecule has 0 fully saturated rings. The van der Waals surface area contributed by atoms with E-state index in [2.05, 4.69) is 20.3 Å². The first-order valence-corrected chi connectivity index (χ1v) is 10.3. The van der Waals surface area contributed by atoms with Crippen LogP contribution in [0.4, 0.5) is 19.0 Å². The number of pyridine rings is 1. The Morgan fingerprint density at radius 2 is 1.87 bits per heavy atom. The van der Waals surface area contributed by atoms with Crippen molar-refractivity contribution in [1.82, 2.24) is 15.0 Å². The van der Waals surface area contributed by atoms with E-state index >= 15 is 0 Å². The standard InChI is InChI=1S/C18H18ClF3N4O3S/c1-23-30(28,29)14-5-2-12(3-6-14)4-7-16(27)24-8-9-25-17-15(19)10-13(11-26-17)18(20,21)22/h2-7,10-11,23H,8-9H2,1H3,(H,24,27)(H,25,26)/b7-4+. The summed E-state index contributed by atoms with van der Waals surface area (Å²) in [4.78, 5) is 15.6. The van der Waals surface area contributed by atoms with E-state index in [1.807, 2.05) is 0 Å². The summed E-state index contributed by atoms with van der Waals surface area (Å²) in [5.74, 6) is -0.332. The number of alkyl halides is 3. The highest BCUT2D eigenvalue weighted by Gasteiger charge is 2.31. The van der Waals surface area contributed by atoms with Gasteiger partial charge in [0.2, 0.25) is 15.9 Å². The molecule has 0 saturated carbocycles. The molecule has 0 aliphatic carbocycles. The lowest BCUT2D eigenvalue weighted by Crippen LogP contribution is -2.27. The number of aromatic nitrogens is 1. The molecule has 1 amide bonds. The van der Waals surface area contributed by atoms with Crippen molar-refractivity contribution in [3.63, 3.8) is 0 Å². The Balaban J connectivity index is 1.81. The Bertz CT molecular complexity index is 1030. The highest BCUT2D eigenvalue weighted by molar-refractivity contribution is 7.89. The van der Waals surface area contributed by atoms with Crippen molar-refractivity contribution in [3.8, 4) is 0 Å². The lowest BCUT2D eigenvalue weighted by Gasteiger charge is -2.10. The van der Waals surface area contributed by atoms with Gasteiger partial charge in [0, 0.05) is 25.4 Å². The first kappa shape index (κ1) is 23.6. The minimum atomic E-state index is -4.53. The molecule has 0 aliphatic rings. The molecule has 2 rings (SSSR count). The molecule has 0 saturated heterocycles. The van der Waals surface area contributed by atoms with Crippen molar-refractivity contribution in [3.05, 3.63) is 58.8 Å². The van der Waals surface area contributed by atoms with Gasteiger partial charge in [-0.3, -0.25) is 4.79 Å². The van der Waals surface area contributed by atoms with E-state index in [0.29, 0.717) is 11.8 Å². The predicted octanol–water partition coefficient (Wildman–Crippen LogP) is 2.90. The molecule has 0 spiro atoms. The van der Waals surface area contributed by atoms with Crippen LogP contribution in [-0.4, -0.2) is 39.4 Å². The van der Waals surface area contributed by atoms with E-state index in [-0.39, 0.29) is 28.8 Å². The molecule has 1 aromatic carbocycles. The number of halogens is 4. The van der Waals surface area contributed by atoms with Crippen LogP contribution >= 0.6 is 11.6 Å². The van der Waals surface area contributed by atoms with Crippen LogP contribution in [0.5, 0.6) is 0 Å². The number of anilines is 1. The zero-order valence-corrected chi connectivity index (χ0v) is 17.2. The Morgan fingerprint density at radius 1 is 1.20 bits per heavy atom. The van der Waals surface area contributed by atoms with Gasteiger partial charge in [0.1, 0.15) is 5.82 Å². The maximum atomic E-state index is 12.6. The van der Waals surface area contributed by atoms with Crippen LogP contribution in [0.2, 0.25) is 5.02 Å². The quantitative estimate of drug-likeness (QED) is 0.414. The van der Waals surface area contributed by atoms with Gasteiger partial charge in [0.05, 0.1) is 15.5 Å². The molecule has 1 aromatic heterocycles. The fourth-order valence-electron chi connectivity index (χ4n) is 2.20. The number of sulfonamides is 1. The highest BCUT2D eigenvalue weighted by atomic mass is 35.5. The number of hydrogen-bond acceptors (Lipinski definition) is 5. The van der Waals surface area contributed by atoms with E-state index in [1.54, 1.807) is 12.1 Å². The fourth-order valence-corrected chi connectivity index (χ4v) is 3.16. The van der Waals surface area contributed by atoms with Crippen molar-refractivity contribution in [2.75, 3.05) is 25.5 Å². The molecule has 12 heteroatoms. The van der Waals surface area contributed by atoms with Crippen LogP contribution in [0.1, 0.15) is 11.1 Å². The summed E-state index contributed by atoms with van der Waals surface area (Å²) >= 11 is 5.78. The molecule has 0 unspecified atom stereocenters. The molecular weight excluding hydrogens is 445 g/mol. The van der Waals surface area contributed by atoms with Crippen molar-refractivity contribution in [2.24, 2.45) is 0 Å². The van der Waals surface area contributed by atoms with E-state index in [0.717, 1.165) is 6.07 Å². The molecule has 0 atom stereocenters. The maximum absolute atomic E-state index is 12.6. The van der Waals surface area contributed by atoms with Crippen LogP contribution in [0.15, 0.2) is 47.5 Å². The minimum absolute atomic E-state index is 0.0751. The van der Waals surface area contributed by atoms with Crippen molar-refractivity contribution < 1.29 is 26.4 Å². The summed E-state index contributed by atoms with van der Waals surface area (Å²) in [6, 6.07) is 6.69. The van der Waals surface area contributed by atoms with Gasteiger partial charge in [0.25, 0.3) is 0 Å². The summed E-state index contributed by atoms with van der Waals surface area (Å²) in [5.41, 5.74) is -0.327. The monoisotopic (exact) mass is 462 g/mol. The first-order valence-electron chi connectivity index (χ1n) is 8.49. The van der Waals surface area contributed by atoms with Gasteiger partial charge in [-0.05, 0) is 36.9 Å². The van der Waals surface area contributed by atoms with E-state index < -0.39 is 27.7 Å². The fraction of sp³-hybridized carbons (Fsp3) is 0.222. The van der Waals surface area contributed by atoms with Gasteiger partial charge in [0.15, 0.2) is 0 Å². The van der Waals surface area contributed by atoms with Gasteiger partial charge in [-0.1, -0.05) is 23.7 Å². The number of nitrogens with zero attached hydrogens (tertiary/aromatic N) is 1. The summed E-state index contributed by atoms with van der Waals surface area (Å²) in [5, 5.41) is 5.13. The lowest BCUT2D eigenvalue weighted by molar-refractivity contribution is -0.137. The smallest absolute Gasteiger partial charge is 0.367 e. The van der Waals surface area contributed by atoms with Crippen molar-refractivity contribution in [1.29, 1.82) is 0 Å². The van der Waals surface area contributed by atoms with Crippen LogP contribution < -0.4 is 15.4 Å². The first-order chi connectivity index (χ1) is 14.0. The molecule has 0 bridgehead atoms. The Kier molecular flexibility index (Phi) is 7.82. The second-order valence-corrected chi connectivity index (χ2v) is 8.17. The van der Waals surface area contributed by atoms with Gasteiger partial charge in [-0.25, -0.2) is 18.1 Å². The van der Waals surface area contributed by atoms with E-state index in [4.69, 9.17) is 11.6 Å². The highest BCUT2D eigenvalue weighted by Crippen LogP contribution is 2.32. The summed E-state index contributed by atoms with van der Waals surface area (Å²) < 4.78 is 63.2. The number of nitrogens with one attached hydrogen (secondary N) is 3. The molecule has 2 aromatic rings. The molecular formula is C18H18ClF3N4O3S. The van der Waals surface area contributed by atoms with E-state index in [1.165, 1.54) is 31.3 Å². The number of rotatable bonds is 8. The largest absolute Gasteiger partial charge is 0.417 e. The zero-order chi connectivity index (χ0) is 22.4. The third kappa shape index (κ3) is 6.71. The normalized spacial score (nSPS) is 12.2. The van der Waals surface area contributed by atoms with Gasteiger partial charge in [-0.2, -0.15) is 13.2 Å². The zero-order valence-electron chi connectivity index (χ0n) is 15.6. The SMILES string of the molecule is CNS(=O)(=O)c1ccc(/C=C/C(=O)NCCNc2ncc(C(F)(F)F)cc2Cl)cc1. The second-order valence-electron chi connectivity index (χ2n) is 5.88.